The standard InChI is InChI=1S/C33H52N4O3S/c1-23-9-11-26(12-10-23)35-30-37(17-15-33-13-7-8-25(21-33)18-24(2)20-33)28(38)19-27(41-30)29(39)36-31(3,4)22-40-32(5,6)14-16-34/h9-12,24-25,27H,7-8,13-22,34H2,1-6H3,(H,36,39)/b35-30-. The number of hydrogen-bond acceptors (Lipinski definition) is 6. The van der Waals surface area contributed by atoms with Crippen molar-refractivity contribution in [1.82, 2.24) is 10.2 Å². The van der Waals surface area contributed by atoms with Gasteiger partial charge in [0.2, 0.25) is 11.8 Å². The number of amides is 2. The van der Waals surface area contributed by atoms with Crippen LogP contribution in [0.15, 0.2) is 29.3 Å². The number of nitrogens with zero attached hydrogens (tertiary/aromatic N) is 2. The van der Waals surface area contributed by atoms with Crippen molar-refractivity contribution in [3.63, 3.8) is 0 Å². The monoisotopic (exact) mass is 584 g/mol. The topological polar surface area (TPSA) is 97.0 Å². The zero-order chi connectivity index (χ0) is 29.8. The third-order valence-electron chi connectivity index (χ3n) is 9.15. The lowest BCUT2D eigenvalue weighted by Gasteiger charge is -2.49. The third-order valence-corrected chi connectivity index (χ3v) is 10.3. The first-order valence-electron chi connectivity index (χ1n) is 15.6. The molecule has 228 valence electrons. The molecule has 0 aromatic heterocycles. The van der Waals surface area contributed by atoms with E-state index in [1.807, 2.05) is 63.8 Å². The molecule has 2 amide bonds. The highest BCUT2D eigenvalue weighted by molar-refractivity contribution is 8.15. The van der Waals surface area contributed by atoms with E-state index in [0.29, 0.717) is 30.3 Å². The SMILES string of the molecule is Cc1ccc(/N=C2\SC(C(=O)NC(C)(C)COC(C)(C)CCN)CC(=O)N2CCC23CCCC(CC(C)C2)C3)cc1. The fourth-order valence-corrected chi connectivity index (χ4v) is 8.20. The number of ether oxygens (including phenoxy) is 1. The van der Waals surface area contributed by atoms with Gasteiger partial charge >= 0.3 is 0 Å². The molecule has 41 heavy (non-hydrogen) atoms. The highest BCUT2D eigenvalue weighted by Crippen LogP contribution is 2.53. The third kappa shape index (κ3) is 8.80. The van der Waals surface area contributed by atoms with Crippen molar-refractivity contribution >= 4 is 34.4 Å². The molecule has 3 aliphatic rings. The molecule has 7 nitrogen and oxygen atoms in total. The van der Waals surface area contributed by atoms with Crippen molar-refractivity contribution in [3.8, 4) is 0 Å². The molecule has 1 aromatic rings. The molecule has 4 rings (SSSR count). The number of hydrogen-bond donors (Lipinski definition) is 2. The summed E-state index contributed by atoms with van der Waals surface area (Å²) in [6, 6.07) is 8.02. The van der Waals surface area contributed by atoms with Crippen LogP contribution in [0.2, 0.25) is 0 Å². The van der Waals surface area contributed by atoms with Gasteiger partial charge in [0.15, 0.2) is 5.17 Å². The maximum atomic E-state index is 13.7. The normalized spacial score (nSPS) is 28.2. The van der Waals surface area contributed by atoms with Crippen LogP contribution >= 0.6 is 11.8 Å². The van der Waals surface area contributed by atoms with E-state index in [-0.39, 0.29) is 23.8 Å². The number of benzene rings is 1. The molecule has 2 bridgehead atoms. The van der Waals surface area contributed by atoms with E-state index in [1.54, 1.807) is 0 Å². The number of carbonyl (C=O) groups excluding carboxylic acids is 2. The highest BCUT2D eigenvalue weighted by Gasteiger charge is 2.43. The molecule has 4 atom stereocenters. The molecule has 4 unspecified atom stereocenters. The van der Waals surface area contributed by atoms with Crippen LogP contribution in [0, 0.1) is 24.2 Å². The Balaban J connectivity index is 1.48. The van der Waals surface area contributed by atoms with E-state index in [2.05, 4.69) is 12.2 Å². The van der Waals surface area contributed by atoms with Gasteiger partial charge in [0, 0.05) is 13.0 Å². The van der Waals surface area contributed by atoms with Gasteiger partial charge in [-0.25, -0.2) is 4.99 Å². The average molecular weight is 585 g/mol. The zero-order valence-electron chi connectivity index (χ0n) is 26.1. The minimum Gasteiger partial charge on any atom is -0.373 e. The second kappa shape index (κ2) is 13.2. The summed E-state index contributed by atoms with van der Waals surface area (Å²) in [6.45, 7) is 13.9. The summed E-state index contributed by atoms with van der Waals surface area (Å²) in [6.07, 6.45) is 9.73. The summed E-state index contributed by atoms with van der Waals surface area (Å²) >= 11 is 1.42. The zero-order valence-corrected chi connectivity index (χ0v) is 26.9. The van der Waals surface area contributed by atoms with Crippen LogP contribution in [0.5, 0.6) is 0 Å². The van der Waals surface area contributed by atoms with Crippen molar-refractivity contribution < 1.29 is 14.3 Å². The summed E-state index contributed by atoms with van der Waals surface area (Å²) in [4.78, 5) is 34.0. The number of aliphatic imine (C=N–C) groups is 1. The number of fused-ring (bicyclic) bond motifs is 2. The predicted molar refractivity (Wildman–Crippen MR) is 169 cm³/mol. The fraction of sp³-hybridized carbons (Fsp3) is 0.727. The van der Waals surface area contributed by atoms with Gasteiger partial charge in [-0.05, 0) is 109 Å². The van der Waals surface area contributed by atoms with Crippen LogP contribution in [0.3, 0.4) is 0 Å². The summed E-state index contributed by atoms with van der Waals surface area (Å²) in [5.41, 5.74) is 7.06. The van der Waals surface area contributed by atoms with Crippen LogP contribution in [-0.2, 0) is 14.3 Å². The highest BCUT2D eigenvalue weighted by atomic mass is 32.2. The van der Waals surface area contributed by atoms with Crippen molar-refractivity contribution in [1.29, 1.82) is 0 Å². The first-order valence-corrected chi connectivity index (χ1v) is 16.5. The number of nitrogens with one attached hydrogen (secondary N) is 1. The Labute approximate surface area is 251 Å². The van der Waals surface area contributed by atoms with Crippen LogP contribution < -0.4 is 11.1 Å². The van der Waals surface area contributed by atoms with Crippen LogP contribution in [0.25, 0.3) is 0 Å². The molecule has 1 aromatic carbocycles. The van der Waals surface area contributed by atoms with Gasteiger partial charge < -0.3 is 15.8 Å². The van der Waals surface area contributed by atoms with Gasteiger partial charge in [-0.2, -0.15) is 0 Å². The van der Waals surface area contributed by atoms with Gasteiger partial charge in [0.25, 0.3) is 0 Å². The van der Waals surface area contributed by atoms with Crippen molar-refractivity contribution in [3.05, 3.63) is 29.8 Å². The number of rotatable bonds is 11. The van der Waals surface area contributed by atoms with Crippen molar-refractivity contribution in [2.45, 2.75) is 116 Å². The minimum absolute atomic E-state index is 0.0134. The quantitative estimate of drug-likeness (QED) is 0.316. The van der Waals surface area contributed by atoms with Crippen molar-refractivity contribution in [2.24, 2.45) is 28.0 Å². The number of nitrogens with two attached hydrogens (primary N) is 1. The van der Waals surface area contributed by atoms with E-state index in [4.69, 9.17) is 15.5 Å². The van der Waals surface area contributed by atoms with Crippen LogP contribution in [-0.4, -0.2) is 58.0 Å². The maximum absolute atomic E-state index is 13.7. The number of amidine groups is 1. The lowest BCUT2D eigenvalue weighted by molar-refractivity contribution is -0.131. The Morgan fingerprint density at radius 3 is 2.66 bits per heavy atom. The number of aryl methyl sites for hydroxylation is 1. The molecule has 0 radical (unpaired) electrons. The van der Waals surface area contributed by atoms with E-state index in [0.717, 1.165) is 35.9 Å². The van der Waals surface area contributed by atoms with Gasteiger partial charge in [0.1, 0.15) is 0 Å². The molecule has 3 fully saturated rings. The molecular formula is C33H52N4O3S. The Kier molecular flexibility index (Phi) is 10.3. The Morgan fingerprint density at radius 1 is 1.22 bits per heavy atom. The lowest BCUT2D eigenvalue weighted by atomic mass is 9.58. The molecule has 1 aliphatic heterocycles. The van der Waals surface area contributed by atoms with Crippen molar-refractivity contribution in [2.75, 3.05) is 19.7 Å². The van der Waals surface area contributed by atoms with E-state index in [1.165, 1.54) is 50.3 Å². The summed E-state index contributed by atoms with van der Waals surface area (Å²) in [5, 5.41) is 3.24. The fourth-order valence-electron chi connectivity index (χ4n) is 7.08. The molecule has 8 heteroatoms. The molecule has 2 aliphatic carbocycles. The van der Waals surface area contributed by atoms with E-state index in [9.17, 15) is 9.59 Å². The van der Waals surface area contributed by atoms with Crippen LogP contribution in [0.1, 0.15) is 98.0 Å². The first kappa shape index (κ1) is 32.0. The largest absolute Gasteiger partial charge is 0.373 e. The smallest absolute Gasteiger partial charge is 0.234 e. The lowest BCUT2D eigenvalue weighted by Crippen LogP contribution is -2.54. The molecule has 1 saturated heterocycles. The Bertz CT molecular complexity index is 1100. The first-order chi connectivity index (χ1) is 19.3. The molecule has 3 N–H and O–H groups in total. The Morgan fingerprint density at radius 2 is 1.95 bits per heavy atom. The molecular weight excluding hydrogens is 532 g/mol. The Hall–Kier alpha value is -1.90. The molecule has 1 heterocycles. The number of thioether (sulfide) groups is 1. The average Bonchev–Trinajstić information content (AvgIpc) is 2.88. The molecule has 0 spiro atoms. The van der Waals surface area contributed by atoms with Gasteiger partial charge in [-0.15, -0.1) is 0 Å². The maximum Gasteiger partial charge on any atom is 0.234 e. The van der Waals surface area contributed by atoms with Gasteiger partial charge in [-0.3, -0.25) is 14.5 Å². The predicted octanol–water partition coefficient (Wildman–Crippen LogP) is 6.35. The summed E-state index contributed by atoms with van der Waals surface area (Å²) in [5.74, 6) is 1.42. The minimum atomic E-state index is -0.591. The van der Waals surface area contributed by atoms with Crippen LogP contribution in [0.4, 0.5) is 5.69 Å². The molecule has 2 saturated carbocycles. The second-order valence-electron chi connectivity index (χ2n) is 14.3. The summed E-state index contributed by atoms with van der Waals surface area (Å²) in [7, 11) is 0. The summed E-state index contributed by atoms with van der Waals surface area (Å²) < 4.78 is 6.10. The van der Waals surface area contributed by atoms with Gasteiger partial charge in [-0.1, -0.05) is 49.2 Å². The van der Waals surface area contributed by atoms with E-state index >= 15 is 0 Å². The second-order valence-corrected chi connectivity index (χ2v) is 15.5. The number of carbonyl (C=O) groups is 2. The van der Waals surface area contributed by atoms with E-state index < -0.39 is 10.8 Å². The van der Waals surface area contributed by atoms with Gasteiger partial charge in [0.05, 0.1) is 28.7 Å².